The maximum atomic E-state index is 13.2. The summed E-state index contributed by atoms with van der Waals surface area (Å²) in [5, 5.41) is 3.00. The van der Waals surface area contributed by atoms with Crippen molar-refractivity contribution in [1.29, 1.82) is 0 Å². The van der Waals surface area contributed by atoms with E-state index in [1.54, 1.807) is 24.4 Å². The maximum Gasteiger partial charge on any atom is 0.267 e. The first-order chi connectivity index (χ1) is 15.1. The molecule has 164 valence electrons. The van der Waals surface area contributed by atoms with Crippen molar-refractivity contribution in [3.63, 3.8) is 0 Å². The molecule has 31 heavy (non-hydrogen) atoms. The molecule has 0 radical (unpaired) electrons. The molecule has 3 aromatic heterocycles. The largest absolute Gasteiger partial charge is 0.382 e. The van der Waals surface area contributed by atoms with E-state index in [2.05, 4.69) is 10.3 Å². The average molecular weight is 426 g/mol. The number of ether oxygens (including phenoxy) is 2. The highest BCUT2D eigenvalue weighted by Crippen LogP contribution is 2.13. The molecule has 1 unspecified atom stereocenters. The summed E-state index contributed by atoms with van der Waals surface area (Å²) in [5.41, 5.74) is -0.160. The lowest BCUT2D eigenvalue weighted by atomic mass is 10.2. The van der Waals surface area contributed by atoms with E-state index in [1.165, 1.54) is 15.0 Å². The molecule has 9 heteroatoms. The number of pyridine rings is 2. The number of carbonyl (C=O) groups excluding carboxylic acids is 1. The Morgan fingerprint density at radius 2 is 2.19 bits per heavy atom. The van der Waals surface area contributed by atoms with Crippen molar-refractivity contribution in [2.75, 3.05) is 26.4 Å². The number of amides is 1. The number of carbonyl (C=O) groups is 1. The van der Waals surface area contributed by atoms with Gasteiger partial charge in [0.15, 0.2) is 5.65 Å². The SMILES string of the molecule is CCOCCCn1c(=O)c(C(=O)NCC2CCCO2)cc2c(=O)n3ccccc3nc21. The predicted molar refractivity (Wildman–Crippen MR) is 116 cm³/mol. The van der Waals surface area contributed by atoms with E-state index in [-0.39, 0.29) is 34.8 Å². The minimum Gasteiger partial charge on any atom is -0.382 e. The van der Waals surface area contributed by atoms with Gasteiger partial charge < -0.3 is 14.8 Å². The molecule has 1 aliphatic rings. The Bertz CT molecular complexity index is 1210. The molecule has 0 bridgehead atoms. The van der Waals surface area contributed by atoms with Gasteiger partial charge in [0, 0.05) is 39.1 Å². The Kier molecular flexibility index (Phi) is 6.43. The molecule has 9 nitrogen and oxygen atoms in total. The summed E-state index contributed by atoms with van der Waals surface area (Å²) in [6.45, 7) is 4.24. The Morgan fingerprint density at radius 3 is 2.97 bits per heavy atom. The highest BCUT2D eigenvalue weighted by molar-refractivity contribution is 5.97. The summed E-state index contributed by atoms with van der Waals surface area (Å²) in [5.74, 6) is -0.515. The lowest BCUT2D eigenvalue weighted by molar-refractivity contribution is 0.0856. The molecule has 1 N–H and O–H groups in total. The third-order valence-electron chi connectivity index (χ3n) is 5.40. The molecule has 3 aromatic rings. The van der Waals surface area contributed by atoms with Crippen molar-refractivity contribution in [1.82, 2.24) is 19.3 Å². The van der Waals surface area contributed by atoms with Crippen LogP contribution in [0.5, 0.6) is 0 Å². The quantitative estimate of drug-likeness (QED) is 0.431. The standard InChI is InChI=1S/C22H26N4O5/c1-2-30-11-6-10-26-19-16(21(28)25-9-4-3-8-18(25)24-19)13-17(22(26)29)20(27)23-14-15-7-5-12-31-15/h3-4,8-9,13,15H,2,5-7,10-12,14H2,1H3,(H,23,27). The van der Waals surface area contributed by atoms with E-state index in [9.17, 15) is 14.4 Å². The number of hydrogen-bond donors (Lipinski definition) is 1. The Labute approximate surface area is 178 Å². The number of aromatic nitrogens is 3. The fraction of sp³-hybridized carbons (Fsp3) is 0.455. The molecule has 1 atom stereocenters. The van der Waals surface area contributed by atoms with Crippen molar-refractivity contribution in [2.45, 2.75) is 38.8 Å². The van der Waals surface area contributed by atoms with Gasteiger partial charge in [-0.15, -0.1) is 0 Å². The van der Waals surface area contributed by atoms with Crippen LogP contribution < -0.4 is 16.4 Å². The molecule has 1 amide bonds. The highest BCUT2D eigenvalue weighted by Gasteiger charge is 2.21. The topological polar surface area (TPSA) is 104 Å². The van der Waals surface area contributed by atoms with Crippen LogP contribution in [0.3, 0.4) is 0 Å². The van der Waals surface area contributed by atoms with Gasteiger partial charge in [-0.1, -0.05) is 6.07 Å². The second kappa shape index (κ2) is 9.40. The monoisotopic (exact) mass is 426 g/mol. The molecule has 1 fully saturated rings. The van der Waals surface area contributed by atoms with Crippen molar-refractivity contribution in [3.05, 3.63) is 56.7 Å². The number of fused-ring (bicyclic) bond motifs is 2. The summed E-state index contributed by atoms with van der Waals surface area (Å²) in [6, 6.07) is 6.57. The van der Waals surface area contributed by atoms with Gasteiger partial charge in [-0.2, -0.15) is 0 Å². The van der Waals surface area contributed by atoms with Crippen molar-refractivity contribution in [2.24, 2.45) is 0 Å². The number of aryl methyl sites for hydroxylation is 1. The van der Waals surface area contributed by atoms with Crippen molar-refractivity contribution < 1.29 is 14.3 Å². The van der Waals surface area contributed by atoms with Crippen LogP contribution >= 0.6 is 0 Å². The zero-order valence-corrected chi connectivity index (χ0v) is 17.5. The van der Waals surface area contributed by atoms with E-state index >= 15 is 0 Å². The van der Waals surface area contributed by atoms with Crippen LogP contribution in [0.2, 0.25) is 0 Å². The van der Waals surface area contributed by atoms with E-state index in [0.717, 1.165) is 12.8 Å². The molecule has 0 aromatic carbocycles. The van der Waals surface area contributed by atoms with Crippen LogP contribution in [0, 0.1) is 0 Å². The molecule has 4 heterocycles. The first-order valence-corrected chi connectivity index (χ1v) is 10.6. The van der Waals surface area contributed by atoms with Gasteiger partial charge in [-0.25, -0.2) is 4.98 Å². The second-order valence-electron chi connectivity index (χ2n) is 7.49. The number of nitrogens with one attached hydrogen (secondary N) is 1. The zero-order chi connectivity index (χ0) is 21.8. The van der Waals surface area contributed by atoms with Gasteiger partial charge in [0.1, 0.15) is 11.2 Å². The van der Waals surface area contributed by atoms with Gasteiger partial charge in [-0.3, -0.25) is 23.4 Å². The Hall–Kier alpha value is -3.04. The molecule has 0 aliphatic carbocycles. The van der Waals surface area contributed by atoms with Gasteiger partial charge in [0.2, 0.25) is 0 Å². The number of hydrogen-bond acceptors (Lipinski definition) is 6. The molecule has 0 spiro atoms. The summed E-state index contributed by atoms with van der Waals surface area (Å²) in [6.07, 6.45) is 3.95. The average Bonchev–Trinajstić information content (AvgIpc) is 3.30. The lowest BCUT2D eigenvalue weighted by Crippen LogP contribution is -2.37. The summed E-state index contributed by atoms with van der Waals surface area (Å²) in [4.78, 5) is 43.7. The Balaban J connectivity index is 1.78. The highest BCUT2D eigenvalue weighted by atomic mass is 16.5. The van der Waals surface area contributed by atoms with E-state index in [4.69, 9.17) is 9.47 Å². The number of rotatable bonds is 8. The summed E-state index contributed by atoms with van der Waals surface area (Å²) < 4.78 is 13.7. The third kappa shape index (κ3) is 4.38. The van der Waals surface area contributed by atoms with Crippen LogP contribution in [-0.2, 0) is 16.0 Å². The predicted octanol–water partition coefficient (Wildman–Crippen LogP) is 1.34. The first kappa shape index (κ1) is 21.2. The third-order valence-corrected chi connectivity index (χ3v) is 5.40. The van der Waals surface area contributed by atoms with Crippen LogP contribution in [0.15, 0.2) is 40.1 Å². The van der Waals surface area contributed by atoms with Gasteiger partial charge in [0.25, 0.3) is 17.0 Å². The van der Waals surface area contributed by atoms with Gasteiger partial charge in [0.05, 0.1) is 11.5 Å². The van der Waals surface area contributed by atoms with Crippen LogP contribution in [0.4, 0.5) is 0 Å². The first-order valence-electron chi connectivity index (χ1n) is 10.6. The number of nitrogens with zero attached hydrogens (tertiary/aromatic N) is 3. The maximum absolute atomic E-state index is 13.2. The van der Waals surface area contributed by atoms with E-state index in [1.807, 2.05) is 6.92 Å². The van der Waals surface area contributed by atoms with E-state index < -0.39 is 11.5 Å². The molecular weight excluding hydrogens is 400 g/mol. The van der Waals surface area contributed by atoms with Crippen molar-refractivity contribution in [3.8, 4) is 0 Å². The Morgan fingerprint density at radius 1 is 1.32 bits per heavy atom. The van der Waals surface area contributed by atoms with Crippen molar-refractivity contribution >= 4 is 22.6 Å². The second-order valence-corrected chi connectivity index (χ2v) is 7.49. The normalized spacial score (nSPS) is 16.2. The van der Waals surface area contributed by atoms with Crippen LogP contribution in [-0.4, -0.2) is 52.3 Å². The van der Waals surface area contributed by atoms with E-state index in [0.29, 0.717) is 38.4 Å². The van der Waals surface area contributed by atoms with Crippen LogP contribution in [0.1, 0.15) is 36.5 Å². The smallest absolute Gasteiger partial charge is 0.267 e. The minimum atomic E-state index is -0.515. The zero-order valence-electron chi connectivity index (χ0n) is 17.5. The molecule has 4 rings (SSSR count). The molecule has 1 saturated heterocycles. The van der Waals surface area contributed by atoms with Gasteiger partial charge >= 0.3 is 0 Å². The van der Waals surface area contributed by atoms with Crippen LogP contribution in [0.25, 0.3) is 16.7 Å². The summed E-state index contributed by atoms with van der Waals surface area (Å²) in [7, 11) is 0. The lowest BCUT2D eigenvalue weighted by Gasteiger charge is -2.14. The fourth-order valence-electron chi connectivity index (χ4n) is 3.82. The minimum absolute atomic E-state index is 0.0472. The summed E-state index contributed by atoms with van der Waals surface area (Å²) >= 11 is 0. The molecule has 1 aliphatic heterocycles. The molecule has 0 saturated carbocycles. The fourth-order valence-corrected chi connectivity index (χ4v) is 3.82. The molecular formula is C22H26N4O5. The van der Waals surface area contributed by atoms with Gasteiger partial charge in [-0.05, 0) is 44.4 Å².